The van der Waals surface area contributed by atoms with Gasteiger partial charge < -0.3 is 16.0 Å². The zero-order valence-corrected chi connectivity index (χ0v) is 19.8. The van der Waals surface area contributed by atoms with Crippen LogP contribution in [-0.4, -0.2) is 73.3 Å². The molecule has 178 valence electrons. The highest BCUT2D eigenvalue weighted by molar-refractivity contribution is 5.79. The Morgan fingerprint density at radius 3 is 2.68 bits per heavy atom. The van der Waals surface area contributed by atoms with Crippen LogP contribution in [0, 0.1) is 23.7 Å². The molecule has 1 aliphatic carbocycles. The number of hydrazine groups is 1. The Morgan fingerprint density at radius 1 is 1.13 bits per heavy atom. The largest absolute Gasteiger partial charge is 0.342 e. The second-order valence-corrected chi connectivity index (χ2v) is 10.8. The molecule has 3 aliphatic heterocycles. The topological polar surface area (TPSA) is 85.7 Å². The van der Waals surface area contributed by atoms with Gasteiger partial charge in [0.2, 0.25) is 5.91 Å². The highest BCUT2D eigenvalue weighted by Gasteiger charge is 2.50. The van der Waals surface area contributed by atoms with E-state index in [9.17, 15) is 4.79 Å². The van der Waals surface area contributed by atoms with Crippen molar-refractivity contribution in [3.05, 3.63) is 0 Å². The minimum atomic E-state index is 0.154. The van der Waals surface area contributed by atoms with Gasteiger partial charge in [-0.3, -0.25) is 15.5 Å². The van der Waals surface area contributed by atoms with Crippen LogP contribution in [0.1, 0.15) is 65.2 Å². The number of fused-ring (bicyclic) bond motifs is 1. The summed E-state index contributed by atoms with van der Waals surface area (Å²) in [5.41, 5.74) is 9.29. The fourth-order valence-electron chi connectivity index (χ4n) is 6.69. The fourth-order valence-corrected chi connectivity index (χ4v) is 6.69. The fraction of sp³-hybridized carbons (Fsp3) is 0.958. The summed E-state index contributed by atoms with van der Waals surface area (Å²) < 4.78 is 0. The lowest BCUT2D eigenvalue weighted by atomic mass is 9.71. The summed E-state index contributed by atoms with van der Waals surface area (Å²) in [6.45, 7) is 10.1. The molecule has 6 unspecified atom stereocenters. The zero-order valence-electron chi connectivity index (χ0n) is 19.8. The van der Waals surface area contributed by atoms with E-state index < -0.39 is 0 Å². The van der Waals surface area contributed by atoms with Crippen molar-refractivity contribution in [2.45, 2.75) is 83.5 Å². The Morgan fingerprint density at radius 2 is 1.94 bits per heavy atom. The molecule has 0 aromatic rings. The van der Waals surface area contributed by atoms with Gasteiger partial charge >= 0.3 is 0 Å². The number of carbonyl (C=O) groups is 1. The Hall–Kier alpha value is -0.730. The number of nitrogens with zero attached hydrogens (tertiary/aromatic N) is 2. The predicted octanol–water partition coefficient (Wildman–Crippen LogP) is 1.50. The lowest BCUT2D eigenvalue weighted by molar-refractivity contribution is -0.141. The molecule has 0 spiro atoms. The van der Waals surface area contributed by atoms with E-state index in [0.29, 0.717) is 36.4 Å². The summed E-state index contributed by atoms with van der Waals surface area (Å²) in [6.07, 6.45) is 10.1. The van der Waals surface area contributed by atoms with Crippen molar-refractivity contribution in [2.24, 2.45) is 29.4 Å². The van der Waals surface area contributed by atoms with Crippen molar-refractivity contribution in [1.29, 1.82) is 0 Å². The number of nitrogens with one attached hydrogen (secondary N) is 3. The van der Waals surface area contributed by atoms with Gasteiger partial charge in [-0.05, 0) is 77.2 Å². The number of hydrogen-bond donors (Lipinski definition) is 4. The average Bonchev–Trinajstić information content (AvgIpc) is 3.23. The van der Waals surface area contributed by atoms with E-state index in [2.05, 4.69) is 39.8 Å². The number of nitrogens with two attached hydrogens (primary N) is 1. The van der Waals surface area contributed by atoms with Gasteiger partial charge in [0.05, 0.1) is 6.17 Å². The summed E-state index contributed by atoms with van der Waals surface area (Å²) in [6, 6.07) is 0.866. The number of hydrogen-bond acceptors (Lipinski definition) is 6. The molecule has 0 aromatic carbocycles. The molecule has 3 saturated heterocycles. The third-order valence-electron chi connectivity index (χ3n) is 8.31. The summed E-state index contributed by atoms with van der Waals surface area (Å²) >= 11 is 0. The van der Waals surface area contributed by atoms with E-state index in [1.165, 1.54) is 44.9 Å². The van der Waals surface area contributed by atoms with E-state index in [1.54, 1.807) is 0 Å². The van der Waals surface area contributed by atoms with Gasteiger partial charge in [0.15, 0.2) is 0 Å². The van der Waals surface area contributed by atoms with E-state index in [4.69, 9.17) is 5.73 Å². The average molecular weight is 435 g/mol. The van der Waals surface area contributed by atoms with E-state index in [0.717, 1.165) is 45.1 Å². The minimum Gasteiger partial charge on any atom is -0.342 e. The van der Waals surface area contributed by atoms with Gasteiger partial charge in [-0.15, -0.1) is 0 Å². The van der Waals surface area contributed by atoms with Crippen LogP contribution in [0.25, 0.3) is 0 Å². The molecule has 0 bridgehead atoms. The first-order valence-corrected chi connectivity index (χ1v) is 13.1. The first kappa shape index (κ1) is 23.4. The minimum absolute atomic E-state index is 0.154. The number of piperidine rings is 2. The van der Waals surface area contributed by atoms with Crippen LogP contribution in [0.5, 0.6) is 0 Å². The van der Waals surface area contributed by atoms with Gasteiger partial charge in [-0.1, -0.05) is 6.42 Å². The maximum absolute atomic E-state index is 13.7. The van der Waals surface area contributed by atoms with Crippen molar-refractivity contribution in [1.82, 2.24) is 26.0 Å². The summed E-state index contributed by atoms with van der Waals surface area (Å²) in [4.78, 5) is 15.9. The quantitative estimate of drug-likeness (QED) is 0.455. The normalized spacial score (nSPS) is 37.2. The third-order valence-corrected chi connectivity index (χ3v) is 8.31. The van der Waals surface area contributed by atoms with Crippen LogP contribution in [0.4, 0.5) is 0 Å². The van der Waals surface area contributed by atoms with Gasteiger partial charge in [-0.2, -0.15) is 0 Å². The van der Waals surface area contributed by atoms with Crippen LogP contribution >= 0.6 is 0 Å². The molecule has 31 heavy (non-hydrogen) atoms. The SMILES string of the molecule is CC(C)N1NCC2C(C(=O)N3CCCCC3)CC(C3CCCC(CNCCN)C3)NC21. The lowest BCUT2D eigenvalue weighted by Crippen LogP contribution is -2.62. The zero-order chi connectivity index (χ0) is 21.8. The first-order valence-electron chi connectivity index (χ1n) is 13.1. The molecule has 3 heterocycles. The van der Waals surface area contributed by atoms with Crippen molar-refractivity contribution in [3.63, 3.8) is 0 Å². The molecule has 5 N–H and O–H groups in total. The van der Waals surface area contributed by atoms with E-state index in [-0.39, 0.29) is 12.1 Å². The van der Waals surface area contributed by atoms with Crippen LogP contribution in [-0.2, 0) is 4.79 Å². The maximum Gasteiger partial charge on any atom is 0.226 e. The molecule has 6 atom stereocenters. The molecule has 4 aliphatic rings. The molecule has 7 heteroatoms. The van der Waals surface area contributed by atoms with E-state index >= 15 is 0 Å². The smallest absolute Gasteiger partial charge is 0.226 e. The molecule has 0 radical (unpaired) electrons. The Kier molecular flexibility index (Phi) is 8.26. The molecule has 7 nitrogen and oxygen atoms in total. The predicted molar refractivity (Wildman–Crippen MR) is 125 cm³/mol. The molecule has 1 amide bonds. The van der Waals surface area contributed by atoms with Crippen LogP contribution in [0.2, 0.25) is 0 Å². The maximum atomic E-state index is 13.7. The second kappa shape index (κ2) is 10.9. The number of carbonyl (C=O) groups excluding carboxylic acids is 1. The lowest BCUT2D eigenvalue weighted by Gasteiger charge is -2.47. The molecule has 4 fully saturated rings. The van der Waals surface area contributed by atoms with Crippen molar-refractivity contribution >= 4 is 5.91 Å². The van der Waals surface area contributed by atoms with Gasteiger partial charge in [0, 0.05) is 56.6 Å². The van der Waals surface area contributed by atoms with Crippen LogP contribution in [0.15, 0.2) is 0 Å². The Bertz CT molecular complexity index is 580. The van der Waals surface area contributed by atoms with E-state index in [1.807, 2.05) is 0 Å². The second-order valence-electron chi connectivity index (χ2n) is 10.8. The van der Waals surface area contributed by atoms with Crippen molar-refractivity contribution in [3.8, 4) is 0 Å². The Labute approximate surface area is 189 Å². The molecule has 1 saturated carbocycles. The number of likely N-dealkylation sites (tertiary alicyclic amines) is 1. The van der Waals surface area contributed by atoms with Crippen LogP contribution in [0.3, 0.4) is 0 Å². The third kappa shape index (κ3) is 5.44. The monoisotopic (exact) mass is 434 g/mol. The summed E-state index contributed by atoms with van der Waals surface area (Å²) in [5.74, 6) is 2.38. The van der Waals surface area contributed by atoms with Gasteiger partial charge in [0.25, 0.3) is 0 Å². The van der Waals surface area contributed by atoms with Crippen molar-refractivity contribution < 1.29 is 4.79 Å². The first-order chi connectivity index (χ1) is 15.1. The van der Waals surface area contributed by atoms with Crippen molar-refractivity contribution in [2.75, 3.05) is 39.3 Å². The molecule has 4 rings (SSSR count). The Balaban J connectivity index is 1.46. The number of amides is 1. The highest BCUT2D eigenvalue weighted by atomic mass is 16.2. The molecule has 0 aromatic heterocycles. The highest BCUT2D eigenvalue weighted by Crippen LogP contribution is 2.40. The summed E-state index contributed by atoms with van der Waals surface area (Å²) in [5, 5.41) is 9.96. The number of rotatable bonds is 7. The summed E-state index contributed by atoms with van der Waals surface area (Å²) in [7, 11) is 0. The van der Waals surface area contributed by atoms with Gasteiger partial charge in [-0.25, -0.2) is 5.01 Å². The standard InChI is InChI=1S/C24H46N6O/c1-17(2)30-23-21(16-27-30)20(24(31)29-11-4-3-5-12-29)14-22(28-23)19-8-6-7-18(13-19)15-26-10-9-25/h17-23,26-28H,3-16,25H2,1-2H3. The molecular weight excluding hydrogens is 388 g/mol. The van der Waals surface area contributed by atoms with Crippen LogP contribution < -0.4 is 21.8 Å². The van der Waals surface area contributed by atoms with Gasteiger partial charge in [0.1, 0.15) is 0 Å². The molecular formula is C24H46N6O.